The van der Waals surface area contributed by atoms with Crippen LogP contribution in [0.15, 0.2) is 30.5 Å². The van der Waals surface area contributed by atoms with Crippen LogP contribution in [-0.2, 0) is 6.54 Å². The maximum atomic E-state index is 2.45. The summed E-state index contributed by atoms with van der Waals surface area (Å²) in [6.45, 7) is 10.0. The summed E-state index contributed by atoms with van der Waals surface area (Å²) in [5, 5.41) is 4.19. The summed E-state index contributed by atoms with van der Waals surface area (Å²) in [6.07, 6.45) is 2.32. The average molecular weight is 294 g/mol. The van der Waals surface area contributed by atoms with E-state index in [-0.39, 0.29) is 0 Å². The lowest BCUT2D eigenvalue weighted by atomic mass is 9.95. The molecular weight excluding hydrogens is 268 g/mol. The van der Waals surface area contributed by atoms with Gasteiger partial charge in [-0.3, -0.25) is 0 Å². The van der Waals surface area contributed by atoms with E-state index in [0.717, 1.165) is 6.54 Å². The van der Waals surface area contributed by atoms with Crippen molar-refractivity contribution >= 4 is 21.7 Å². The number of aromatic nitrogens is 1. The summed E-state index contributed by atoms with van der Waals surface area (Å²) < 4.78 is 2.45. The molecule has 22 heavy (non-hydrogen) atoms. The predicted molar refractivity (Wildman–Crippen MR) is 96.8 cm³/mol. The standard InChI is InChI=1S/C20H26N2/c1-13-11-22(12-14(2)21(5)6)20-18-10-8-7-9-17(18)15(3)16(4)19(13)20/h7-11,14H,12H2,1-6H3. The third-order valence-corrected chi connectivity index (χ3v) is 5.13. The van der Waals surface area contributed by atoms with Crippen LogP contribution in [0.25, 0.3) is 21.7 Å². The first-order chi connectivity index (χ1) is 10.4. The number of nitrogens with zero attached hydrogens (tertiary/aromatic N) is 2. The van der Waals surface area contributed by atoms with Gasteiger partial charge in [-0.15, -0.1) is 0 Å². The lowest BCUT2D eigenvalue weighted by molar-refractivity contribution is 0.286. The molecule has 0 N–H and O–H groups in total. The van der Waals surface area contributed by atoms with Gasteiger partial charge in [0.1, 0.15) is 0 Å². The Hall–Kier alpha value is -1.80. The zero-order valence-electron chi connectivity index (χ0n) is 14.6. The highest BCUT2D eigenvalue weighted by Gasteiger charge is 2.16. The fraction of sp³-hybridized carbons (Fsp3) is 0.400. The molecule has 1 heterocycles. The summed E-state index contributed by atoms with van der Waals surface area (Å²) in [5.41, 5.74) is 5.60. The van der Waals surface area contributed by atoms with Gasteiger partial charge in [0.15, 0.2) is 0 Å². The quantitative estimate of drug-likeness (QED) is 0.681. The largest absolute Gasteiger partial charge is 0.345 e. The van der Waals surface area contributed by atoms with E-state index in [1.807, 2.05) is 0 Å². The molecule has 0 aliphatic rings. The molecule has 3 rings (SSSR count). The van der Waals surface area contributed by atoms with Crippen LogP contribution in [0.1, 0.15) is 23.6 Å². The monoisotopic (exact) mass is 294 g/mol. The van der Waals surface area contributed by atoms with E-state index in [0.29, 0.717) is 6.04 Å². The summed E-state index contributed by atoms with van der Waals surface area (Å²) in [6, 6.07) is 9.32. The van der Waals surface area contributed by atoms with E-state index in [4.69, 9.17) is 0 Å². The number of fused-ring (bicyclic) bond motifs is 3. The molecular formula is C20H26N2. The molecule has 1 aromatic heterocycles. The Morgan fingerprint density at radius 2 is 1.64 bits per heavy atom. The Kier molecular flexibility index (Phi) is 3.73. The Bertz CT molecular complexity index is 840. The maximum Gasteiger partial charge on any atom is 0.0566 e. The molecule has 2 heteroatoms. The van der Waals surface area contributed by atoms with Crippen molar-refractivity contribution in [3.63, 3.8) is 0 Å². The first-order valence-electron chi connectivity index (χ1n) is 8.05. The molecule has 0 aliphatic carbocycles. The normalized spacial score (nSPS) is 13.4. The van der Waals surface area contributed by atoms with Crippen molar-refractivity contribution < 1.29 is 0 Å². The molecule has 1 atom stereocenters. The Morgan fingerprint density at radius 3 is 2.27 bits per heavy atom. The number of aryl methyl sites for hydroxylation is 3. The lowest BCUT2D eigenvalue weighted by Gasteiger charge is -2.21. The molecule has 3 aromatic rings. The predicted octanol–water partition coefficient (Wildman–Crippen LogP) is 4.67. The molecule has 2 nitrogen and oxygen atoms in total. The smallest absolute Gasteiger partial charge is 0.0566 e. The third-order valence-electron chi connectivity index (χ3n) is 5.13. The van der Waals surface area contributed by atoms with Crippen LogP contribution in [-0.4, -0.2) is 29.6 Å². The van der Waals surface area contributed by atoms with Crippen molar-refractivity contribution in [1.82, 2.24) is 9.47 Å². The van der Waals surface area contributed by atoms with Crippen LogP contribution < -0.4 is 0 Å². The first kappa shape index (κ1) is 15.1. The number of hydrogen-bond donors (Lipinski definition) is 0. The number of hydrogen-bond acceptors (Lipinski definition) is 1. The van der Waals surface area contributed by atoms with E-state index in [2.05, 4.69) is 81.7 Å². The second-order valence-electron chi connectivity index (χ2n) is 6.80. The fourth-order valence-corrected chi connectivity index (χ4v) is 3.45. The van der Waals surface area contributed by atoms with Crippen molar-refractivity contribution in [2.75, 3.05) is 14.1 Å². The summed E-state index contributed by atoms with van der Waals surface area (Å²) in [7, 11) is 4.30. The molecule has 0 fully saturated rings. The van der Waals surface area contributed by atoms with Crippen LogP contribution >= 0.6 is 0 Å². The molecule has 116 valence electrons. The summed E-state index contributed by atoms with van der Waals surface area (Å²) in [5.74, 6) is 0. The van der Waals surface area contributed by atoms with E-state index in [1.54, 1.807) is 0 Å². The minimum Gasteiger partial charge on any atom is -0.345 e. The van der Waals surface area contributed by atoms with Gasteiger partial charge in [0.25, 0.3) is 0 Å². The fourth-order valence-electron chi connectivity index (χ4n) is 3.45. The van der Waals surface area contributed by atoms with Gasteiger partial charge in [0, 0.05) is 29.6 Å². The highest BCUT2D eigenvalue weighted by atomic mass is 15.1. The summed E-state index contributed by atoms with van der Waals surface area (Å²) >= 11 is 0. The summed E-state index contributed by atoms with van der Waals surface area (Å²) in [4.78, 5) is 2.28. The first-order valence-corrected chi connectivity index (χ1v) is 8.05. The molecule has 2 aromatic carbocycles. The van der Waals surface area contributed by atoms with Gasteiger partial charge in [0.05, 0.1) is 5.52 Å². The van der Waals surface area contributed by atoms with Gasteiger partial charge in [-0.1, -0.05) is 24.3 Å². The maximum absolute atomic E-state index is 2.45. The van der Waals surface area contributed by atoms with Gasteiger partial charge < -0.3 is 9.47 Å². The van der Waals surface area contributed by atoms with Crippen molar-refractivity contribution in [2.45, 2.75) is 40.3 Å². The third kappa shape index (κ3) is 2.22. The van der Waals surface area contributed by atoms with E-state index >= 15 is 0 Å². The molecule has 0 radical (unpaired) electrons. The zero-order chi connectivity index (χ0) is 16.0. The number of likely N-dealkylation sites (N-methyl/N-ethyl adjacent to an activating group) is 1. The van der Waals surface area contributed by atoms with Crippen LogP contribution in [0.5, 0.6) is 0 Å². The molecule has 0 amide bonds. The van der Waals surface area contributed by atoms with E-state index < -0.39 is 0 Å². The molecule has 0 spiro atoms. The van der Waals surface area contributed by atoms with Gasteiger partial charge in [-0.2, -0.15) is 0 Å². The molecule has 1 unspecified atom stereocenters. The van der Waals surface area contributed by atoms with Crippen molar-refractivity contribution in [2.24, 2.45) is 0 Å². The average Bonchev–Trinajstić information content (AvgIpc) is 2.81. The van der Waals surface area contributed by atoms with Crippen LogP contribution in [0.4, 0.5) is 0 Å². The zero-order valence-corrected chi connectivity index (χ0v) is 14.6. The Labute approximate surface area is 133 Å². The van der Waals surface area contributed by atoms with E-state index in [9.17, 15) is 0 Å². The minimum absolute atomic E-state index is 0.510. The Morgan fingerprint density at radius 1 is 1.00 bits per heavy atom. The molecule has 0 bridgehead atoms. The van der Waals surface area contributed by atoms with Gasteiger partial charge >= 0.3 is 0 Å². The number of rotatable bonds is 3. The molecule has 0 saturated carbocycles. The van der Waals surface area contributed by atoms with E-state index in [1.165, 1.54) is 38.4 Å². The lowest BCUT2D eigenvalue weighted by Crippen LogP contribution is -2.28. The van der Waals surface area contributed by atoms with Crippen molar-refractivity contribution in [3.8, 4) is 0 Å². The van der Waals surface area contributed by atoms with Gasteiger partial charge in [0.2, 0.25) is 0 Å². The SMILES string of the molecule is Cc1c(C)c2c(C)cn(CC(C)N(C)C)c2c2ccccc12. The van der Waals surface area contributed by atoms with Crippen LogP contribution in [0.3, 0.4) is 0 Å². The second kappa shape index (κ2) is 5.44. The van der Waals surface area contributed by atoms with Gasteiger partial charge in [-0.05, 0) is 63.9 Å². The van der Waals surface area contributed by atoms with Crippen LogP contribution in [0, 0.1) is 20.8 Å². The van der Waals surface area contributed by atoms with Crippen LogP contribution in [0.2, 0.25) is 0 Å². The highest BCUT2D eigenvalue weighted by Crippen LogP contribution is 2.35. The van der Waals surface area contributed by atoms with Gasteiger partial charge in [-0.25, -0.2) is 0 Å². The Balaban J connectivity index is 2.36. The highest BCUT2D eigenvalue weighted by molar-refractivity contribution is 6.10. The number of benzene rings is 2. The minimum atomic E-state index is 0.510. The molecule has 0 saturated heterocycles. The van der Waals surface area contributed by atoms with Crippen molar-refractivity contribution in [3.05, 3.63) is 47.2 Å². The molecule has 0 aliphatic heterocycles. The second-order valence-corrected chi connectivity index (χ2v) is 6.80. The topological polar surface area (TPSA) is 8.17 Å². The van der Waals surface area contributed by atoms with Crippen molar-refractivity contribution in [1.29, 1.82) is 0 Å².